The summed E-state index contributed by atoms with van der Waals surface area (Å²) < 4.78 is 5.96. The molecule has 0 aliphatic carbocycles. The van der Waals surface area contributed by atoms with E-state index in [4.69, 9.17) is 4.74 Å². The highest BCUT2D eigenvalue weighted by Gasteiger charge is 2.23. The largest absolute Gasteiger partial charge is 0.494 e. The number of piperidine rings is 1. The lowest BCUT2D eigenvalue weighted by molar-refractivity contribution is 0.0746. The second-order valence-corrected chi connectivity index (χ2v) is 9.12. The van der Waals surface area contributed by atoms with Crippen molar-refractivity contribution in [3.8, 4) is 5.75 Å². The molecule has 4 rings (SSSR count). The molecule has 0 saturated carbocycles. The van der Waals surface area contributed by atoms with Gasteiger partial charge >= 0.3 is 0 Å². The summed E-state index contributed by atoms with van der Waals surface area (Å²) in [5.74, 6) is 1.09. The number of likely N-dealkylation sites (tertiary alicyclic amines) is 1. The number of rotatable bonds is 7. The fraction of sp³-hybridized carbons (Fsp3) is 0.519. The van der Waals surface area contributed by atoms with Gasteiger partial charge in [-0.3, -0.25) is 4.79 Å². The summed E-state index contributed by atoms with van der Waals surface area (Å²) in [7, 11) is 0. The lowest BCUT2D eigenvalue weighted by Gasteiger charge is -2.36. The molecular weight excluding hydrogens is 398 g/mol. The SMILES string of the molecule is Cc1cccc(C(=O)N2CCN(c3ccc(OCCCN4CCCCC4)cc3)CC2)c1C. The first-order valence-electron chi connectivity index (χ1n) is 12.2. The molecule has 2 aliphatic rings. The number of amides is 1. The van der Waals surface area contributed by atoms with E-state index in [1.54, 1.807) is 0 Å². The number of piperazine rings is 1. The minimum atomic E-state index is 0.152. The standard InChI is InChI=1S/C27H37N3O2/c1-22-8-6-9-26(23(22)2)27(31)30-19-17-29(18-20-30)24-10-12-25(13-11-24)32-21-7-16-28-14-4-3-5-15-28/h6,8-13H,3-5,7,14-21H2,1-2H3. The summed E-state index contributed by atoms with van der Waals surface area (Å²) >= 11 is 0. The molecule has 0 bridgehead atoms. The molecule has 0 aromatic heterocycles. The molecular formula is C27H37N3O2. The summed E-state index contributed by atoms with van der Waals surface area (Å²) in [5, 5.41) is 0. The van der Waals surface area contributed by atoms with E-state index in [0.29, 0.717) is 0 Å². The van der Waals surface area contributed by atoms with Crippen LogP contribution in [0.1, 0.15) is 47.2 Å². The molecule has 5 nitrogen and oxygen atoms in total. The summed E-state index contributed by atoms with van der Waals surface area (Å²) in [6.07, 6.45) is 5.15. The van der Waals surface area contributed by atoms with E-state index in [-0.39, 0.29) is 5.91 Å². The minimum Gasteiger partial charge on any atom is -0.494 e. The van der Waals surface area contributed by atoms with Gasteiger partial charge in [0.15, 0.2) is 0 Å². The van der Waals surface area contributed by atoms with Gasteiger partial charge in [0.1, 0.15) is 5.75 Å². The number of hydrogen-bond donors (Lipinski definition) is 0. The predicted octanol–water partition coefficient (Wildman–Crippen LogP) is 4.52. The van der Waals surface area contributed by atoms with Crippen LogP contribution in [0.3, 0.4) is 0 Å². The Labute approximate surface area is 193 Å². The highest BCUT2D eigenvalue weighted by atomic mass is 16.5. The fourth-order valence-electron chi connectivity index (χ4n) is 4.74. The number of benzene rings is 2. The third-order valence-corrected chi connectivity index (χ3v) is 6.94. The van der Waals surface area contributed by atoms with Crippen LogP contribution in [0.2, 0.25) is 0 Å². The van der Waals surface area contributed by atoms with Crippen molar-refractivity contribution < 1.29 is 9.53 Å². The summed E-state index contributed by atoms with van der Waals surface area (Å²) in [4.78, 5) is 19.9. The van der Waals surface area contributed by atoms with Crippen molar-refractivity contribution in [2.24, 2.45) is 0 Å². The number of ether oxygens (including phenoxy) is 1. The van der Waals surface area contributed by atoms with E-state index >= 15 is 0 Å². The van der Waals surface area contributed by atoms with E-state index in [2.05, 4.69) is 47.1 Å². The smallest absolute Gasteiger partial charge is 0.254 e. The normalized spacial score (nSPS) is 17.4. The van der Waals surface area contributed by atoms with E-state index in [9.17, 15) is 4.79 Å². The van der Waals surface area contributed by atoms with Crippen molar-refractivity contribution in [3.05, 3.63) is 59.2 Å². The van der Waals surface area contributed by atoms with Crippen LogP contribution in [0, 0.1) is 13.8 Å². The molecule has 2 saturated heterocycles. The second kappa shape index (κ2) is 10.9. The van der Waals surface area contributed by atoms with Gasteiger partial charge in [-0.25, -0.2) is 0 Å². The molecule has 172 valence electrons. The Bertz CT molecular complexity index is 882. The molecule has 2 aliphatic heterocycles. The Kier molecular flexibility index (Phi) is 7.69. The fourth-order valence-corrected chi connectivity index (χ4v) is 4.74. The molecule has 2 aromatic rings. The molecule has 2 heterocycles. The first-order chi connectivity index (χ1) is 15.6. The van der Waals surface area contributed by atoms with Crippen LogP contribution in [-0.4, -0.2) is 68.1 Å². The maximum absolute atomic E-state index is 13.0. The summed E-state index contributed by atoms with van der Waals surface area (Å²) in [5.41, 5.74) is 4.29. The van der Waals surface area contributed by atoms with Gasteiger partial charge in [-0.1, -0.05) is 18.6 Å². The third-order valence-electron chi connectivity index (χ3n) is 6.94. The number of aryl methyl sites for hydroxylation is 1. The van der Waals surface area contributed by atoms with Crippen LogP contribution in [0.15, 0.2) is 42.5 Å². The molecule has 0 atom stereocenters. The van der Waals surface area contributed by atoms with Crippen molar-refractivity contribution in [2.75, 3.05) is 57.3 Å². The Balaban J connectivity index is 1.22. The number of carbonyl (C=O) groups is 1. The van der Waals surface area contributed by atoms with Gasteiger partial charge < -0.3 is 19.4 Å². The molecule has 32 heavy (non-hydrogen) atoms. The van der Waals surface area contributed by atoms with Crippen LogP contribution >= 0.6 is 0 Å². The molecule has 0 radical (unpaired) electrons. The Morgan fingerprint density at radius 1 is 0.875 bits per heavy atom. The molecule has 2 fully saturated rings. The van der Waals surface area contributed by atoms with E-state index in [0.717, 1.165) is 62.6 Å². The zero-order chi connectivity index (χ0) is 22.3. The van der Waals surface area contributed by atoms with Gasteiger partial charge in [-0.2, -0.15) is 0 Å². The lowest BCUT2D eigenvalue weighted by atomic mass is 10.0. The van der Waals surface area contributed by atoms with Crippen LogP contribution in [-0.2, 0) is 0 Å². The first kappa shape index (κ1) is 22.7. The molecule has 2 aromatic carbocycles. The zero-order valence-electron chi connectivity index (χ0n) is 19.7. The third kappa shape index (κ3) is 5.63. The zero-order valence-corrected chi connectivity index (χ0v) is 19.7. The highest BCUT2D eigenvalue weighted by Crippen LogP contribution is 2.22. The van der Waals surface area contributed by atoms with Gasteiger partial charge in [0.25, 0.3) is 5.91 Å². The van der Waals surface area contributed by atoms with Crippen LogP contribution in [0.25, 0.3) is 0 Å². The van der Waals surface area contributed by atoms with Gasteiger partial charge in [-0.15, -0.1) is 0 Å². The average molecular weight is 436 g/mol. The van der Waals surface area contributed by atoms with Gasteiger partial charge in [0.05, 0.1) is 6.61 Å². The second-order valence-electron chi connectivity index (χ2n) is 9.12. The average Bonchev–Trinajstić information content (AvgIpc) is 2.84. The first-order valence-corrected chi connectivity index (χ1v) is 12.2. The van der Waals surface area contributed by atoms with Crippen LogP contribution in [0.5, 0.6) is 5.75 Å². The Morgan fingerprint density at radius 3 is 2.31 bits per heavy atom. The van der Waals surface area contributed by atoms with Gasteiger partial charge in [0, 0.05) is 44.0 Å². The monoisotopic (exact) mass is 435 g/mol. The predicted molar refractivity (Wildman–Crippen MR) is 131 cm³/mol. The van der Waals surface area contributed by atoms with Crippen molar-refractivity contribution in [3.63, 3.8) is 0 Å². The molecule has 0 N–H and O–H groups in total. The quantitative estimate of drug-likeness (QED) is 0.599. The minimum absolute atomic E-state index is 0.152. The van der Waals surface area contributed by atoms with Gasteiger partial charge in [-0.05, 0) is 87.7 Å². The van der Waals surface area contributed by atoms with Crippen LogP contribution in [0.4, 0.5) is 5.69 Å². The van der Waals surface area contributed by atoms with Crippen molar-refractivity contribution in [1.29, 1.82) is 0 Å². The number of carbonyl (C=O) groups excluding carboxylic acids is 1. The summed E-state index contributed by atoms with van der Waals surface area (Å²) in [6.45, 7) is 11.7. The van der Waals surface area contributed by atoms with Crippen molar-refractivity contribution >= 4 is 11.6 Å². The van der Waals surface area contributed by atoms with Crippen molar-refractivity contribution in [2.45, 2.75) is 39.5 Å². The Hall–Kier alpha value is -2.53. The van der Waals surface area contributed by atoms with Gasteiger partial charge in [0.2, 0.25) is 0 Å². The van der Waals surface area contributed by atoms with E-state index < -0.39 is 0 Å². The maximum atomic E-state index is 13.0. The number of hydrogen-bond acceptors (Lipinski definition) is 4. The lowest BCUT2D eigenvalue weighted by Crippen LogP contribution is -2.49. The highest BCUT2D eigenvalue weighted by molar-refractivity contribution is 5.96. The summed E-state index contributed by atoms with van der Waals surface area (Å²) in [6, 6.07) is 14.4. The molecule has 1 amide bonds. The van der Waals surface area contributed by atoms with E-state index in [1.807, 2.05) is 24.0 Å². The van der Waals surface area contributed by atoms with Crippen molar-refractivity contribution in [1.82, 2.24) is 9.80 Å². The molecule has 0 spiro atoms. The molecule has 0 unspecified atom stereocenters. The topological polar surface area (TPSA) is 36.0 Å². The Morgan fingerprint density at radius 2 is 1.59 bits per heavy atom. The van der Waals surface area contributed by atoms with Crippen LogP contribution < -0.4 is 9.64 Å². The number of anilines is 1. The molecule has 5 heteroatoms. The van der Waals surface area contributed by atoms with E-state index in [1.165, 1.54) is 43.6 Å². The number of nitrogens with zero attached hydrogens (tertiary/aromatic N) is 3. The maximum Gasteiger partial charge on any atom is 0.254 e.